The van der Waals surface area contributed by atoms with E-state index < -0.39 is 105 Å². The maximum Gasteiger partial charge on any atom is 0.331 e. The van der Waals surface area contributed by atoms with Crippen LogP contribution in [-0.2, 0) is 38.0 Å². The lowest BCUT2D eigenvalue weighted by atomic mass is 9.43. The molecule has 10 N–H and O–H groups in total. The maximum absolute atomic E-state index is 12.6. The van der Waals surface area contributed by atoms with Crippen LogP contribution >= 0.6 is 0 Å². The molecule has 0 amide bonds. The summed E-state index contributed by atoms with van der Waals surface area (Å²) in [5, 5.41) is 107. The van der Waals surface area contributed by atoms with Gasteiger partial charge in [0.2, 0.25) is 0 Å². The Labute approximate surface area is 342 Å². The van der Waals surface area contributed by atoms with Gasteiger partial charge in [-0.3, -0.25) is 0 Å². The molecule has 4 aliphatic heterocycles. The summed E-state index contributed by atoms with van der Waals surface area (Å²) in [5.41, 5.74) is -0.624. The maximum atomic E-state index is 12.6. The number of carbonyl (C=O) groups excluding carboxylic acids is 1. The van der Waals surface area contributed by atoms with Crippen LogP contribution in [0.5, 0.6) is 0 Å². The second-order valence-electron chi connectivity index (χ2n) is 18.9. The van der Waals surface area contributed by atoms with Crippen LogP contribution in [0.1, 0.15) is 78.1 Å². The molecule has 4 aliphatic carbocycles. The van der Waals surface area contributed by atoms with Gasteiger partial charge in [-0.1, -0.05) is 6.92 Å². The van der Waals surface area contributed by atoms with Crippen LogP contribution in [0.2, 0.25) is 0 Å². The molecule has 18 nitrogen and oxygen atoms in total. The quantitative estimate of drug-likeness (QED) is 0.0850. The molecule has 336 valence electrons. The summed E-state index contributed by atoms with van der Waals surface area (Å²) in [6.07, 6.45) is -11.1. The standard InChI is InChI=1S/C41H64O18/c1-18-36(59-38-35(51)33(49)31(47)27(58-38)16-54-37-34(50)32(48)30(46)26(14-42)57-37)25(44)13-29(55-18)56-21-5-9-40(17-43)20(12-21)3-4-24-23(40)6-8-39(2)22(7-10-41(24,39)52)19-11-28(45)53-15-19/h11,18,20-27,29-38,42-44,46-52H,3-10,12-17H2,1-2H3/t18-,20?,21+,22-,23?,24?,25+,26-,27-,29+,30-,31-,32+,33+,34-,35-,36-,37-,38+,39-,40-,41+/m1/s1. The first kappa shape index (κ1) is 44.2. The third-order valence-electron chi connectivity index (χ3n) is 16.1. The zero-order chi connectivity index (χ0) is 42.2. The van der Waals surface area contributed by atoms with Gasteiger partial charge in [-0.2, -0.15) is 0 Å². The Balaban J connectivity index is 0.855. The lowest BCUT2D eigenvalue weighted by molar-refractivity contribution is -0.354. The number of fused-ring (bicyclic) bond motifs is 5. The number of aliphatic hydroxyl groups is 10. The first-order valence-corrected chi connectivity index (χ1v) is 21.5. The van der Waals surface area contributed by atoms with E-state index in [2.05, 4.69) is 6.92 Å². The summed E-state index contributed by atoms with van der Waals surface area (Å²) < 4.78 is 40.6. The lowest BCUT2D eigenvalue weighted by Gasteiger charge is -2.64. The van der Waals surface area contributed by atoms with Gasteiger partial charge in [0.05, 0.1) is 37.1 Å². The molecule has 4 saturated carbocycles. The van der Waals surface area contributed by atoms with Gasteiger partial charge in [0.1, 0.15) is 61.5 Å². The molecule has 18 heteroatoms. The van der Waals surface area contributed by atoms with E-state index in [-0.39, 0.29) is 59.6 Å². The van der Waals surface area contributed by atoms with Crippen molar-refractivity contribution in [3.63, 3.8) is 0 Å². The fourth-order valence-electron chi connectivity index (χ4n) is 12.8. The highest BCUT2D eigenvalue weighted by molar-refractivity contribution is 5.85. The summed E-state index contributed by atoms with van der Waals surface area (Å²) in [6, 6.07) is 0. The van der Waals surface area contributed by atoms with E-state index in [1.54, 1.807) is 13.0 Å². The van der Waals surface area contributed by atoms with Gasteiger partial charge >= 0.3 is 5.97 Å². The van der Waals surface area contributed by atoms with Crippen LogP contribution < -0.4 is 0 Å². The van der Waals surface area contributed by atoms with Gasteiger partial charge in [-0.25, -0.2) is 4.79 Å². The molecule has 0 radical (unpaired) electrons. The summed E-state index contributed by atoms with van der Waals surface area (Å²) in [7, 11) is 0. The first-order chi connectivity index (χ1) is 28.0. The fraction of sp³-hybridized carbons (Fsp3) is 0.927. The normalized spacial score (nSPS) is 53.9. The van der Waals surface area contributed by atoms with Gasteiger partial charge in [0, 0.05) is 24.5 Å². The zero-order valence-corrected chi connectivity index (χ0v) is 33.7. The number of esters is 1. The van der Waals surface area contributed by atoms with Crippen LogP contribution in [0.3, 0.4) is 0 Å². The molecule has 0 spiro atoms. The van der Waals surface area contributed by atoms with E-state index in [9.17, 15) is 55.9 Å². The van der Waals surface area contributed by atoms with Crippen molar-refractivity contribution in [3.05, 3.63) is 11.6 Å². The minimum atomic E-state index is -1.76. The number of hydrogen-bond donors (Lipinski definition) is 10. The Morgan fingerprint density at radius 2 is 1.47 bits per heavy atom. The number of cyclic esters (lactones) is 1. The van der Waals surface area contributed by atoms with Crippen molar-refractivity contribution < 1.29 is 89.0 Å². The Morgan fingerprint density at radius 1 is 0.763 bits per heavy atom. The second-order valence-corrected chi connectivity index (χ2v) is 18.9. The first-order valence-electron chi connectivity index (χ1n) is 21.5. The van der Waals surface area contributed by atoms with Crippen LogP contribution in [-0.4, -0.2) is 181 Å². The third kappa shape index (κ3) is 7.53. The molecule has 0 aromatic heterocycles. The van der Waals surface area contributed by atoms with E-state index >= 15 is 0 Å². The molecular formula is C41H64O18. The van der Waals surface area contributed by atoms with Gasteiger partial charge in [0.15, 0.2) is 18.9 Å². The molecule has 4 heterocycles. The molecule has 8 aliphatic rings. The van der Waals surface area contributed by atoms with E-state index in [0.717, 1.165) is 44.1 Å². The van der Waals surface area contributed by atoms with E-state index in [1.165, 1.54) is 0 Å². The summed E-state index contributed by atoms with van der Waals surface area (Å²) in [5.74, 6) is 0.152. The van der Waals surface area contributed by atoms with Crippen molar-refractivity contribution in [3.8, 4) is 0 Å². The zero-order valence-electron chi connectivity index (χ0n) is 33.7. The fourth-order valence-corrected chi connectivity index (χ4v) is 12.8. The SMILES string of the molecule is C[C@H]1O[C@@H](O[C@H]2CC[C@@]3(CO)C(CCC4C3CC[C@]3(C)[C@@H](C5=CC(=O)OC5)CC[C@]43O)C2)C[C@H](O)[C@@H]1O[C@@H]1O[C@H](CO[C@@H]2O[C@H](CO)[C@@H](O)[C@H](O)[C@H]2O)[C@@H](O)[C@H](O)[C@H]1O. The van der Waals surface area contributed by atoms with Crippen LogP contribution in [0, 0.1) is 34.5 Å². The smallest absolute Gasteiger partial charge is 0.331 e. The molecule has 59 heavy (non-hydrogen) atoms. The minimum Gasteiger partial charge on any atom is -0.458 e. The van der Waals surface area contributed by atoms with Gasteiger partial charge in [-0.15, -0.1) is 0 Å². The average molecular weight is 845 g/mol. The highest BCUT2D eigenvalue weighted by atomic mass is 16.7. The molecule has 3 unspecified atom stereocenters. The van der Waals surface area contributed by atoms with Crippen molar-refractivity contribution in [2.75, 3.05) is 26.4 Å². The average Bonchev–Trinajstić information content (AvgIpc) is 3.77. The number of carbonyl (C=O) groups is 1. The molecule has 22 atom stereocenters. The number of rotatable bonds is 10. The largest absolute Gasteiger partial charge is 0.458 e. The summed E-state index contributed by atoms with van der Waals surface area (Å²) >= 11 is 0. The van der Waals surface area contributed by atoms with Crippen molar-refractivity contribution in [2.45, 2.75) is 176 Å². The molecule has 0 aromatic carbocycles. The van der Waals surface area contributed by atoms with Crippen molar-refractivity contribution in [1.29, 1.82) is 0 Å². The van der Waals surface area contributed by atoms with Crippen LogP contribution in [0.25, 0.3) is 0 Å². The van der Waals surface area contributed by atoms with Gasteiger partial charge in [-0.05, 0) is 99.4 Å². The number of hydrogen-bond acceptors (Lipinski definition) is 18. The lowest BCUT2D eigenvalue weighted by Crippen LogP contribution is -2.64. The highest BCUT2D eigenvalue weighted by Crippen LogP contribution is 2.70. The molecule has 0 aromatic rings. The van der Waals surface area contributed by atoms with E-state index in [4.69, 9.17) is 33.2 Å². The van der Waals surface area contributed by atoms with Crippen LogP contribution in [0.4, 0.5) is 0 Å². The Hall–Kier alpha value is -1.43. The molecular weight excluding hydrogens is 780 g/mol. The van der Waals surface area contributed by atoms with Crippen molar-refractivity contribution in [2.24, 2.45) is 34.5 Å². The molecule has 7 fully saturated rings. The van der Waals surface area contributed by atoms with Crippen LogP contribution in [0.15, 0.2) is 11.6 Å². The van der Waals surface area contributed by atoms with E-state index in [0.29, 0.717) is 25.9 Å². The van der Waals surface area contributed by atoms with Crippen molar-refractivity contribution in [1.82, 2.24) is 0 Å². The summed E-state index contributed by atoms with van der Waals surface area (Å²) in [4.78, 5) is 11.9. The monoisotopic (exact) mass is 844 g/mol. The topological polar surface area (TPSA) is 284 Å². The Kier molecular flexibility index (Phi) is 12.7. The van der Waals surface area contributed by atoms with Gasteiger partial charge in [0.25, 0.3) is 0 Å². The molecule has 8 rings (SSSR count). The molecule has 3 saturated heterocycles. The Morgan fingerprint density at radius 3 is 2.15 bits per heavy atom. The number of ether oxygens (including phenoxy) is 7. The van der Waals surface area contributed by atoms with Crippen molar-refractivity contribution >= 4 is 5.97 Å². The molecule has 0 bridgehead atoms. The highest BCUT2D eigenvalue weighted by Gasteiger charge is 2.68. The Bertz CT molecular complexity index is 1520. The predicted octanol–water partition coefficient (Wildman–Crippen LogP) is -1.89. The van der Waals surface area contributed by atoms with E-state index in [1.807, 2.05) is 0 Å². The predicted molar refractivity (Wildman–Crippen MR) is 198 cm³/mol. The minimum absolute atomic E-state index is 0.0313. The number of aliphatic hydroxyl groups excluding tert-OH is 9. The summed E-state index contributed by atoms with van der Waals surface area (Å²) in [6.45, 7) is 2.98. The van der Waals surface area contributed by atoms with Gasteiger partial charge < -0.3 is 84.2 Å². The third-order valence-corrected chi connectivity index (χ3v) is 16.1. The second kappa shape index (κ2) is 16.9.